The van der Waals surface area contributed by atoms with E-state index in [-0.39, 0.29) is 24.8 Å². The molecule has 0 aliphatic carbocycles. The van der Waals surface area contributed by atoms with Crippen LogP contribution in [0, 0.1) is 0 Å². The van der Waals surface area contributed by atoms with Gasteiger partial charge in [-0.1, -0.05) is 121 Å². The topological polar surface area (TPSA) is 97.5 Å². The number of benzene rings is 5. The number of fused-ring (bicyclic) bond motifs is 7. The van der Waals surface area contributed by atoms with Crippen LogP contribution in [0.5, 0.6) is 5.75 Å². The maximum Gasteiger partial charge on any atom is 0.509 e. The van der Waals surface area contributed by atoms with Crippen LogP contribution in [0.25, 0.3) is 0 Å². The summed E-state index contributed by atoms with van der Waals surface area (Å²) in [5.74, 6) is -0.228. The molecule has 1 N–H and O–H groups in total. The van der Waals surface area contributed by atoms with Crippen LogP contribution < -0.4 is 9.64 Å². The molecule has 0 radical (unpaired) electrons. The standard InChI is InChI=1S/C44H40N2O7/c1-41(2,3)52-39(47)30-24-34-37(36(25-30)50-27-29-16-8-4-9-17-29)42(28-51-40(48)53-42)44(49)38-35(26-45(34)44)46(38)43(31-18-10-5-11-19-31,32-20-12-6-13-21-32)33-22-14-7-15-23-33/h4-25,35,38,49H,26-28H2,1-3H3/t35-,38-,42-,44-,46?/m0/s1. The maximum absolute atomic E-state index is 13.7. The minimum Gasteiger partial charge on any atom is -0.488 e. The maximum atomic E-state index is 13.7. The molecule has 1 unspecified atom stereocenters. The van der Waals surface area contributed by atoms with Crippen LogP contribution in [-0.2, 0) is 32.0 Å². The molecule has 1 spiro atoms. The normalized spacial score (nSPS) is 25.2. The highest BCUT2D eigenvalue weighted by Gasteiger charge is 2.84. The van der Waals surface area contributed by atoms with Gasteiger partial charge in [-0.3, -0.25) is 4.90 Å². The molecule has 3 fully saturated rings. The van der Waals surface area contributed by atoms with Crippen LogP contribution in [0.4, 0.5) is 10.5 Å². The number of carbonyl (C=O) groups is 2. The van der Waals surface area contributed by atoms with Crippen molar-refractivity contribution in [3.8, 4) is 5.75 Å². The molecular weight excluding hydrogens is 668 g/mol. The predicted molar refractivity (Wildman–Crippen MR) is 197 cm³/mol. The molecule has 4 aliphatic heterocycles. The first-order valence-electron chi connectivity index (χ1n) is 18.0. The monoisotopic (exact) mass is 708 g/mol. The van der Waals surface area contributed by atoms with Gasteiger partial charge in [-0.15, -0.1) is 0 Å². The molecule has 4 aliphatic rings. The van der Waals surface area contributed by atoms with E-state index < -0.39 is 40.6 Å². The van der Waals surface area contributed by atoms with E-state index in [1.807, 2.05) is 111 Å². The minimum absolute atomic E-state index is 0.172. The molecule has 9 heteroatoms. The van der Waals surface area contributed by atoms with Gasteiger partial charge in [0.1, 0.15) is 24.6 Å². The van der Waals surface area contributed by atoms with Gasteiger partial charge in [0.2, 0.25) is 11.3 Å². The van der Waals surface area contributed by atoms with Crippen molar-refractivity contribution < 1.29 is 33.6 Å². The number of cyclic esters (lactones) is 1. The molecule has 53 heavy (non-hydrogen) atoms. The van der Waals surface area contributed by atoms with Gasteiger partial charge in [-0.2, -0.15) is 0 Å². The Morgan fingerprint density at radius 1 is 0.830 bits per heavy atom. The van der Waals surface area contributed by atoms with Crippen LogP contribution in [0.3, 0.4) is 0 Å². The van der Waals surface area contributed by atoms with Crippen molar-refractivity contribution in [2.45, 2.75) is 61.9 Å². The Bertz CT molecular complexity index is 2100. The van der Waals surface area contributed by atoms with Crippen LogP contribution in [0.15, 0.2) is 133 Å². The highest BCUT2D eigenvalue weighted by molar-refractivity contribution is 5.93. The van der Waals surface area contributed by atoms with Crippen molar-refractivity contribution in [2.24, 2.45) is 0 Å². The largest absolute Gasteiger partial charge is 0.509 e. The number of aliphatic hydroxyl groups is 1. The number of carbonyl (C=O) groups excluding carboxylic acids is 2. The lowest BCUT2D eigenvalue weighted by Crippen LogP contribution is -2.63. The second-order valence-electron chi connectivity index (χ2n) is 15.2. The molecule has 5 atom stereocenters. The Hall–Kier alpha value is -5.64. The lowest BCUT2D eigenvalue weighted by molar-refractivity contribution is -0.134. The van der Waals surface area contributed by atoms with E-state index in [1.165, 1.54) is 0 Å². The van der Waals surface area contributed by atoms with Crippen LogP contribution in [0.1, 0.15) is 58.9 Å². The molecule has 0 bridgehead atoms. The number of piperazine rings is 1. The Morgan fingerprint density at radius 3 is 1.89 bits per heavy atom. The van der Waals surface area contributed by atoms with E-state index in [0.29, 0.717) is 23.5 Å². The van der Waals surface area contributed by atoms with E-state index in [0.717, 1.165) is 22.3 Å². The van der Waals surface area contributed by atoms with Gasteiger partial charge in [-0.25, -0.2) is 9.59 Å². The number of hydrogen-bond donors (Lipinski definition) is 1. The van der Waals surface area contributed by atoms with Crippen LogP contribution >= 0.6 is 0 Å². The molecule has 9 nitrogen and oxygen atoms in total. The second kappa shape index (κ2) is 11.9. The number of esters is 1. The summed E-state index contributed by atoms with van der Waals surface area (Å²) in [6.07, 6.45) is -0.882. The van der Waals surface area contributed by atoms with Gasteiger partial charge in [0.05, 0.1) is 28.4 Å². The van der Waals surface area contributed by atoms with E-state index in [1.54, 1.807) is 12.1 Å². The summed E-state index contributed by atoms with van der Waals surface area (Å²) in [5.41, 5.74) is 0.198. The van der Waals surface area contributed by atoms with Gasteiger partial charge < -0.3 is 29.0 Å². The van der Waals surface area contributed by atoms with Crippen molar-refractivity contribution in [3.63, 3.8) is 0 Å². The fourth-order valence-corrected chi connectivity index (χ4v) is 8.97. The summed E-state index contributed by atoms with van der Waals surface area (Å²) in [7, 11) is 0. The summed E-state index contributed by atoms with van der Waals surface area (Å²) < 4.78 is 24.2. The highest BCUT2D eigenvalue weighted by Crippen LogP contribution is 2.68. The van der Waals surface area contributed by atoms with Crippen LogP contribution in [0.2, 0.25) is 0 Å². The van der Waals surface area contributed by atoms with E-state index in [9.17, 15) is 14.7 Å². The quantitative estimate of drug-likeness (QED) is 0.102. The summed E-state index contributed by atoms with van der Waals surface area (Å²) in [5, 5.41) is 13.6. The highest BCUT2D eigenvalue weighted by atomic mass is 16.8. The van der Waals surface area contributed by atoms with E-state index in [4.69, 9.17) is 18.9 Å². The number of nitrogens with zero attached hydrogens (tertiary/aromatic N) is 2. The third-order valence-electron chi connectivity index (χ3n) is 11.0. The van der Waals surface area contributed by atoms with E-state index >= 15 is 0 Å². The molecular formula is C44H40N2O7. The van der Waals surface area contributed by atoms with Crippen molar-refractivity contribution in [1.82, 2.24) is 4.90 Å². The van der Waals surface area contributed by atoms with Gasteiger partial charge >= 0.3 is 12.1 Å². The zero-order valence-corrected chi connectivity index (χ0v) is 29.8. The Labute approximate surface area is 308 Å². The minimum atomic E-state index is -1.81. The Morgan fingerprint density at radius 2 is 1.38 bits per heavy atom. The Balaban J connectivity index is 1.23. The predicted octanol–water partition coefficient (Wildman–Crippen LogP) is 7.15. The molecule has 5 aromatic rings. The average Bonchev–Trinajstić information content (AvgIpc) is 3.49. The zero-order valence-electron chi connectivity index (χ0n) is 29.8. The fraction of sp³-hybridized carbons (Fsp3) is 0.273. The van der Waals surface area contributed by atoms with Gasteiger partial charge in [0, 0.05) is 12.6 Å². The summed E-state index contributed by atoms with van der Waals surface area (Å²) >= 11 is 0. The number of hydrogen-bond acceptors (Lipinski definition) is 9. The third kappa shape index (κ3) is 4.91. The number of ether oxygens (including phenoxy) is 4. The molecule has 0 saturated carbocycles. The van der Waals surface area contributed by atoms with Gasteiger partial charge in [-0.05, 0) is 55.2 Å². The first kappa shape index (κ1) is 33.2. The molecule has 9 rings (SSSR count). The molecule has 3 saturated heterocycles. The molecule has 5 aromatic carbocycles. The average molecular weight is 709 g/mol. The molecule has 0 amide bonds. The Kier molecular flexibility index (Phi) is 7.49. The molecule has 268 valence electrons. The number of anilines is 1. The summed E-state index contributed by atoms with van der Waals surface area (Å²) in [4.78, 5) is 31.0. The van der Waals surface area contributed by atoms with Crippen molar-refractivity contribution in [3.05, 3.63) is 167 Å². The summed E-state index contributed by atoms with van der Waals surface area (Å²) in [6.45, 7) is 5.74. The second-order valence-corrected chi connectivity index (χ2v) is 15.2. The first-order valence-corrected chi connectivity index (χ1v) is 18.0. The molecule has 4 heterocycles. The van der Waals surface area contributed by atoms with Crippen LogP contribution in [-0.4, -0.2) is 58.7 Å². The lowest BCUT2D eigenvalue weighted by atomic mass is 9.76. The first-order chi connectivity index (χ1) is 25.6. The smallest absolute Gasteiger partial charge is 0.488 e. The fourth-order valence-electron chi connectivity index (χ4n) is 8.97. The third-order valence-corrected chi connectivity index (χ3v) is 11.0. The summed E-state index contributed by atoms with van der Waals surface area (Å²) in [6, 6.07) is 43.2. The SMILES string of the molecule is CC(C)(C)OC(=O)c1cc(OCc2ccccc2)c2c(c1)N1C[C@H]3[C@H](N3C(c3ccccc3)(c3ccccc3)c3ccccc3)[C@]1(O)[C@]21COC(=O)O1. The van der Waals surface area contributed by atoms with Gasteiger partial charge in [0.25, 0.3) is 0 Å². The lowest BCUT2D eigenvalue weighted by Gasteiger charge is -2.45. The molecule has 0 aromatic heterocycles. The zero-order chi connectivity index (χ0) is 36.6. The van der Waals surface area contributed by atoms with Gasteiger partial charge in [0.15, 0.2) is 0 Å². The van der Waals surface area contributed by atoms with Crippen molar-refractivity contribution >= 4 is 17.8 Å². The van der Waals surface area contributed by atoms with Crippen molar-refractivity contribution in [1.29, 1.82) is 0 Å². The van der Waals surface area contributed by atoms with Crippen molar-refractivity contribution in [2.75, 3.05) is 18.1 Å². The number of rotatable bonds is 8. The van der Waals surface area contributed by atoms with E-state index in [2.05, 4.69) is 41.3 Å².